The Kier molecular flexibility index (Phi) is 4.28. The molecule has 2 aromatic rings. The number of aliphatic carboxylic acids is 1. The molecule has 138 valence electrons. The highest BCUT2D eigenvalue weighted by atomic mass is 16.5. The van der Waals surface area contributed by atoms with Crippen LogP contribution in [0.25, 0.3) is 11.0 Å². The number of nitrogens with one attached hydrogen (secondary N) is 1. The number of carboxylic acids is 1. The summed E-state index contributed by atoms with van der Waals surface area (Å²) < 4.78 is 6.96. The zero-order valence-corrected chi connectivity index (χ0v) is 14.3. The van der Waals surface area contributed by atoms with E-state index in [2.05, 4.69) is 4.98 Å². The first-order chi connectivity index (χ1) is 12.6. The molecule has 1 amide bonds. The first kappa shape index (κ1) is 16.8. The number of hydrogen-bond acceptors (Lipinski definition) is 4. The number of carbonyl (C=O) groups excluding carboxylic acids is 1. The molecule has 0 unspecified atom stereocenters. The molecule has 8 heteroatoms. The first-order valence-electron chi connectivity index (χ1n) is 8.92. The third-order valence-corrected chi connectivity index (χ3v) is 5.33. The number of nitrogens with zero attached hydrogens (tertiary/aromatic N) is 2. The van der Waals surface area contributed by atoms with Gasteiger partial charge < -0.3 is 19.7 Å². The van der Waals surface area contributed by atoms with Gasteiger partial charge in [0, 0.05) is 18.2 Å². The van der Waals surface area contributed by atoms with E-state index in [-0.39, 0.29) is 30.8 Å². The van der Waals surface area contributed by atoms with E-state index in [0.29, 0.717) is 17.7 Å². The lowest BCUT2D eigenvalue weighted by Gasteiger charge is -2.32. The van der Waals surface area contributed by atoms with Gasteiger partial charge in [0.05, 0.1) is 24.2 Å². The van der Waals surface area contributed by atoms with Gasteiger partial charge in [-0.2, -0.15) is 0 Å². The van der Waals surface area contributed by atoms with Crippen LogP contribution in [0.2, 0.25) is 0 Å². The summed E-state index contributed by atoms with van der Waals surface area (Å²) in [5.74, 6) is -1.45. The van der Waals surface area contributed by atoms with Gasteiger partial charge in [-0.3, -0.25) is 9.36 Å². The molecular weight excluding hydrogens is 338 g/mol. The van der Waals surface area contributed by atoms with Crippen molar-refractivity contribution in [3.05, 3.63) is 34.2 Å². The molecule has 2 fully saturated rings. The van der Waals surface area contributed by atoms with Crippen molar-refractivity contribution >= 4 is 22.9 Å². The topological polar surface area (TPSA) is 105 Å². The van der Waals surface area contributed by atoms with Crippen LogP contribution < -0.4 is 5.69 Å². The van der Waals surface area contributed by atoms with Crippen LogP contribution in [-0.4, -0.2) is 57.2 Å². The Morgan fingerprint density at radius 2 is 2.00 bits per heavy atom. The summed E-state index contributed by atoms with van der Waals surface area (Å²) in [5, 5.41) is 9.31. The van der Waals surface area contributed by atoms with Crippen LogP contribution in [0.15, 0.2) is 23.0 Å². The molecule has 26 heavy (non-hydrogen) atoms. The van der Waals surface area contributed by atoms with E-state index in [1.54, 1.807) is 22.8 Å². The molecular formula is C18H21N3O5. The molecule has 1 saturated carbocycles. The van der Waals surface area contributed by atoms with Crippen molar-refractivity contribution in [2.75, 3.05) is 19.8 Å². The fourth-order valence-corrected chi connectivity index (χ4v) is 4.01. The summed E-state index contributed by atoms with van der Waals surface area (Å²) in [7, 11) is 0. The minimum absolute atomic E-state index is 0.0157. The van der Waals surface area contributed by atoms with Gasteiger partial charge in [-0.05, 0) is 31.0 Å². The summed E-state index contributed by atoms with van der Waals surface area (Å²) in [5.41, 5.74) is 1.60. The van der Waals surface area contributed by atoms with Crippen LogP contribution in [0.3, 0.4) is 0 Å². The molecule has 1 aromatic heterocycles. The number of ether oxygens (including phenoxy) is 1. The zero-order valence-electron chi connectivity index (χ0n) is 14.3. The minimum Gasteiger partial charge on any atom is -0.480 e. The van der Waals surface area contributed by atoms with E-state index in [1.165, 1.54) is 4.90 Å². The number of morpholine rings is 1. The highest BCUT2D eigenvalue weighted by Gasteiger charge is 2.33. The maximum atomic E-state index is 12.8. The van der Waals surface area contributed by atoms with Gasteiger partial charge in [-0.1, -0.05) is 12.8 Å². The average molecular weight is 359 g/mol. The molecule has 0 radical (unpaired) electrons. The molecule has 8 nitrogen and oxygen atoms in total. The van der Waals surface area contributed by atoms with Crippen LogP contribution in [0.1, 0.15) is 42.1 Å². The van der Waals surface area contributed by atoms with Crippen LogP contribution in [0.5, 0.6) is 0 Å². The Labute approximate surface area is 149 Å². The number of carboxylic acid groups (broad SMARTS) is 1. The van der Waals surface area contributed by atoms with Gasteiger partial charge in [0.1, 0.15) is 0 Å². The number of aromatic amines is 1. The molecule has 0 bridgehead atoms. The van der Waals surface area contributed by atoms with Crippen molar-refractivity contribution < 1.29 is 19.4 Å². The van der Waals surface area contributed by atoms with E-state index >= 15 is 0 Å². The maximum absolute atomic E-state index is 12.8. The van der Waals surface area contributed by atoms with Gasteiger partial charge in [0.2, 0.25) is 0 Å². The standard InChI is InChI=1S/C18H21N3O5/c22-16(20-7-8-26-10-15(20)17(23)24)11-5-6-14-13(9-11)19-18(25)21(14)12-3-1-2-4-12/h5-6,9,12,15H,1-4,7-8,10H2,(H,19,25)(H,23,24)/t15-/m0/s1. The monoisotopic (exact) mass is 359 g/mol. The van der Waals surface area contributed by atoms with Gasteiger partial charge >= 0.3 is 11.7 Å². The van der Waals surface area contributed by atoms with E-state index in [1.807, 2.05) is 0 Å². The Morgan fingerprint density at radius 3 is 2.73 bits per heavy atom. The normalized spacial score (nSPS) is 21.4. The number of aromatic nitrogens is 2. The lowest BCUT2D eigenvalue weighted by atomic mass is 10.1. The van der Waals surface area contributed by atoms with Gasteiger partial charge in [0.15, 0.2) is 6.04 Å². The van der Waals surface area contributed by atoms with Gasteiger partial charge in [-0.25, -0.2) is 9.59 Å². The van der Waals surface area contributed by atoms with Crippen LogP contribution in [0.4, 0.5) is 0 Å². The lowest BCUT2D eigenvalue weighted by molar-refractivity contribution is -0.147. The van der Waals surface area contributed by atoms with Gasteiger partial charge in [0.25, 0.3) is 5.91 Å². The number of carbonyl (C=O) groups is 2. The Hall–Kier alpha value is -2.61. The summed E-state index contributed by atoms with van der Waals surface area (Å²) in [6.07, 6.45) is 4.21. The molecule has 2 N–H and O–H groups in total. The van der Waals surface area contributed by atoms with Gasteiger partial charge in [-0.15, -0.1) is 0 Å². The Bertz CT molecular complexity index is 909. The molecule has 1 atom stereocenters. The Morgan fingerprint density at radius 1 is 1.23 bits per heavy atom. The minimum atomic E-state index is -1.08. The second kappa shape index (κ2) is 6.60. The number of imidazole rings is 1. The van der Waals surface area contributed by atoms with Crippen molar-refractivity contribution in [1.82, 2.24) is 14.5 Å². The zero-order chi connectivity index (χ0) is 18.3. The average Bonchev–Trinajstić information content (AvgIpc) is 3.26. The number of amides is 1. The van der Waals surface area contributed by atoms with E-state index in [4.69, 9.17) is 4.74 Å². The van der Waals surface area contributed by atoms with Crippen molar-refractivity contribution in [2.45, 2.75) is 37.8 Å². The molecule has 2 aliphatic rings. The van der Waals surface area contributed by atoms with Crippen molar-refractivity contribution in [1.29, 1.82) is 0 Å². The first-order valence-corrected chi connectivity index (χ1v) is 8.92. The highest BCUT2D eigenvalue weighted by Crippen LogP contribution is 2.31. The number of benzene rings is 1. The number of rotatable bonds is 3. The molecule has 1 aliphatic carbocycles. The second-order valence-corrected chi connectivity index (χ2v) is 6.90. The largest absolute Gasteiger partial charge is 0.480 e. The Balaban J connectivity index is 1.68. The molecule has 4 rings (SSSR count). The molecule has 0 spiro atoms. The van der Waals surface area contributed by atoms with E-state index < -0.39 is 12.0 Å². The highest BCUT2D eigenvalue weighted by molar-refractivity contribution is 5.99. The van der Waals surface area contributed by atoms with Crippen molar-refractivity contribution in [3.8, 4) is 0 Å². The van der Waals surface area contributed by atoms with Crippen molar-refractivity contribution in [3.63, 3.8) is 0 Å². The van der Waals surface area contributed by atoms with Crippen LogP contribution in [0, 0.1) is 0 Å². The third-order valence-electron chi connectivity index (χ3n) is 5.33. The number of H-pyrrole nitrogens is 1. The predicted molar refractivity (Wildman–Crippen MR) is 93.3 cm³/mol. The summed E-state index contributed by atoms with van der Waals surface area (Å²) >= 11 is 0. The predicted octanol–water partition coefficient (Wildman–Crippen LogP) is 1.37. The molecule has 2 heterocycles. The van der Waals surface area contributed by atoms with Crippen LogP contribution >= 0.6 is 0 Å². The summed E-state index contributed by atoms with van der Waals surface area (Å²) in [6.45, 7) is 0.526. The smallest absolute Gasteiger partial charge is 0.328 e. The maximum Gasteiger partial charge on any atom is 0.328 e. The van der Waals surface area contributed by atoms with E-state index in [0.717, 1.165) is 31.2 Å². The van der Waals surface area contributed by atoms with Crippen LogP contribution in [-0.2, 0) is 9.53 Å². The fraction of sp³-hybridized carbons (Fsp3) is 0.500. The molecule has 1 aliphatic heterocycles. The number of hydrogen-bond donors (Lipinski definition) is 2. The van der Waals surface area contributed by atoms with Crippen molar-refractivity contribution in [2.24, 2.45) is 0 Å². The fourth-order valence-electron chi connectivity index (χ4n) is 4.01. The lowest BCUT2D eigenvalue weighted by Crippen LogP contribution is -2.52. The molecule has 1 saturated heterocycles. The third kappa shape index (κ3) is 2.80. The summed E-state index contributed by atoms with van der Waals surface area (Å²) in [4.78, 5) is 40.7. The SMILES string of the molecule is O=C(O)[C@@H]1COCCN1C(=O)c1ccc2c(c1)[nH]c(=O)n2C1CCCC1. The molecule has 1 aromatic carbocycles. The summed E-state index contributed by atoms with van der Waals surface area (Å²) in [6, 6.07) is 4.29. The number of fused-ring (bicyclic) bond motifs is 1. The quantitative estimate of drug-likeness (QED) is 0.861. The van der Waals surface area contributed by atoms with E-state index in [9.17, 15) is 19.5 Å². The second-order valence-electron chi connectivity index (χ2n) is 6.90.